The van der Waals surface area contributed by atoms with Crippen molar-refractivity contribution in [1.29, 1.82) is 0 Å². The molecule has 0 aromatic carbocycles. The van der Waals surface area contributed by atoms with E-state index in [1.165, 1.54) is 51.7 Å². The van der Waals surface area contributed by atoms with Gasteiger partial charge in [-0.15, -0.1) is 0 Å². The highest BCUT2D eigenvalue weighted by atomic mass is 15.2. The van der Waals surface area contributed by atoms with E-state index in [1.807, 2.05) is 0 Å². The lowest BCUT2D eigenvalue weighted by Gasteiger charge is -2.38. The molecule has 0 heterocycles. The molecule has 0 amide bonds. The molecule has 1 unspecified atom stereocenters. The fourth-order valence-corrected chi connectivity index (χ4v) is 2.87. The molecular formula is C15H30N2. The summed E-state index contributed by atoms with van der Waals surface area (Å²) in [6, 6.07) is 1.58. The molecular weight excluding hydrogens is 208 g/mol. The lowest BCUT2D eigenvalue weighted by atomic mass is 9.84. The van der Waals surface area contributed by atoms with Crippen LogP contribution in [0.15, 0.2) is 0 Å². The summed E-state index contributed by atoms with van der Waals surface area (Å²) in [5, 5.41) is 3.72. The average Bonchev–Trinajstić information content (AvgIpc) is 3.03. The van der Waals surface area contributed by atoms with E-state index in [0.29, 0.717) is 0 Å². The van der Waals surface area contributed by atoms with E-state index in [1.54, 1.807) is 0 Å². The lowest BCUT2D eigenvalue weighted by molar-refractivity contribution is 0.110. The fraction of sp³-hybridized carbons (Fsp3) is 1.00. The molecule has 2 aliphatic carbocycles. The summed E-state index contributed by atoms with van der Waals surface area (Å²) in [5.74, 6) is 1.76. The Morgan fingerprint density at radius 1 is 1.18 bits per heavy atom. The number of nitrogens with zero attached hydrogens (tertiary/aromatic N) is 1. The highest BCUT2D eigenvalue weighted by molar-refractivity contribution is 4.86. The second-order valence-electron chi connectivity index (χ2n) is 6.38. The van der Waals surface area contributed by atoms with Crippen molar-refractivity contribution in [3.8, 4) is 0 Å². The Hall–Kier alpha value is -0.0800. The van der Waals surface area contributed by atoms with Crippen LogP contribution in [0.4, 0.5) is 0 Å². The van der Waals surface area contributed by atoms with Gasteiger partial charge in [-0.1, -0.05) is 27.2 Å². The van der Waals surface area contributed by atoms with Crippen LogP contribution in [0.1, 0.15) is 52.9 Å². The van der Waals surface area contributed by atoms with Crippen LogP contribution in [0, 0.1) is 11.8 Å². The molecule has 0 radical (unpaired) electrons. The van der Waals surface area contributed by atoms with Crippen LogP contribution in [-0.2, 0) is 0 Å². The van der Waals surface area contributed by atoms with Crippen molar-refractivity contribution in [3.05, 3.63) is 0 Å². The summed E-state index contributed by atoms with van der Waals surface area (Å²) in [5.41, 5.74) is 0. The summed E-state index contributed by atoms with van der Waals surface area (Å²) in [7, 11) is 0. The summed E-state index contributed by atoms with van der Waals surface area (Å²) in [6.45, 7) is 10.8. The maximum atomic E-state index is 3.72. The Bertz CT molecular complexity index is 219. The first-order valence-corrected chi connectivity index (χ1v) is 7.68. The normalized spacial score (nSPS) is 23.1. The van der Waals surface area contributed by atoms with Gasteiger partial charge in [0.2, 0.25) is 0 Å². The van der Waals surface area contributed by atoms with Crippen LogP contribution in [0.3, 0.4) is 0 Å². The van der Waals surface area contributed by atoms with Crippen LogP contribution in [0.25, 0.3) is 0 Å². The molecule has 2 saturated carbocycles. The molecule has 100 valence electrons. The molecule has 2 nitrogen and oxygen atoms in total. The summed E-state index contributed by atoms with van der Waals surface area (Å²) in [6.07, 6.45) is 7.21. The van der Waals surface area contributed by atoms with Gasteiger partial charge < -0.3 is 5.32 Å². The number of hydrogen-bond donors (Lipinski definition) is 1. The van der Waals surface area contributed by atoms with Crippen molar-refractivity contribution >= 4 is 0 Å². The fourth-order valence-electron chi connectivity index (χ4n) is 2.87. The Kier molecular flexibility index (Phi) is 4.87. The first-order chi connectivity index (χ1) is 8.20. The predicted octanol–water partition coefficient (Wildman–Crippen LogP) is 2.89. The predicted molar refractivity (Wildman–Crippen MR) is 74.2 cm³/mol. The average molecular weight is 238 g/mol. The maximum Gasteiger partial charge on any atom is 0.0243 e. The van der Waals surface area contributed by atoms with Gasteiger partial charge >= 0.3 is 0 Å². The van der Waals surface area contributed by atoms with Gasteiger partial charge in [0.1, 0.15) is 0 Å². The van der Waals surface area contributed by atoms with E-state index < -0.39 is 0 Å². The van der Waals surface area contributed by atoms with Gasteiger partial charge in [0.15, 0.2) is 0 Å². The maximum absolute atomic E-state index is 3.72. The van der Waals surface area contributed by atoms with Gasteiger partial charge in [-0.05, 0) is 44.1 Å². The molecule has 0 spiro atoms. The molecule has 0 aliphatic heterocycles. The van der Waals surface area contributed by atoms with Gasteiger partial charge in [-0.2, -0.15) is 0 Å². The van der Waals surface area contributed by atoms with E-state index in [9.17, 15) is 0 Å². The minimum Gasteiger partial charge on any atom is -0.312 e. The minimum absolute atomic E-state index is 0.737. The molecule has 0 aromatic rings. The van der Waals surface area contributed by atoms with E-state index in [-0.39, 0.29) is 0 Å². The molecule has 2 fully saturated rings. The van der Waals surface area contributed by atoms with Gasteiger partial charge in [0, 0.05) is 25.2 Å². The van der Waals surface area contributed by atoms with Crippen LogP contribution >= 0.6 is 0 Å². The molecule has 1 N–H and O–H groups in total. The third kappa shape index (κ3) is 3.96. The summed E-state index contributed by atoms with van der Waals surface area (Å²) < 4.78 is 0. The van der Waals surface area contributed by atoms with Gasteiger partial charge in [0.25, 0.3) is 0 Å². The van der Waals surface area contributed by atoms with Gasteiger partial charge in [-0.25, -0.2) is 0 Å². The molecule has 2 aliphatic rings. The third-order valence-corrected chi connectivity index (χ3v) is 4.56. The quantitative estimate of drug-likeness (QED) is 0.699. The Balaban J connectivity index is 1.80. The van der Waals surface area contributed by atoms with E-state index in [4.69, 9.17) is 0 Å². The lowest BCUT2D eigenvalue weighted by Crippen LogP contribution is -2.48. The monoisotopic (exact) mass is 238 g/mol. The standard InChI is InChI=1S/C15H30N2/c1-4-17(11-13-6-5-7-13)15(12(2)3)10-16-14-8-9-14/h12-16H,4-11H2,1-3H3. The molecule has 2 heteroatoms. The Labute approximate surface area is 107 Å². The Morgan fingerprint density at radius 2 is 1.88 bits per heavy atom. The van der Waals surface area contributed by atoms with Gasteiger partial charge in [0.05, 0.1) is 0 Å². The van der Waals surface area contributed by atoms with Crippen molar-refractivity contribution in [2.24, 2.45) is 11.8 Å². The smallest absolute Gasteiger partial charge is 0.0243 e. The highest BCUT2D eigenvalue weighted by Gasteiger charge is 2.28. The zero-order valence-electron chi connectivity index (χ0n) is 11.9. The number of nitrogens with one attached hydrogen (secondary N) is 1. The molecule has 0 saturated heterocycles. The first kappa shape index (κ1) is 13.4. The third-order valence-electron chi connectivity index (χ3n) is 4.56. The van der Waals surface area contributed by atoms with Crippen molar-refractivity contribution in [1.82, 2.24) is 10.2 Å². The Morgan fingerprint density at radius 3 is 2.29 bits per heavy atom. The van der Waals surface area contributed by atoms with E-state index >= 15 is 0 Å². The van der Waals surface area contributed by atoms with Crippen molar-refractivity contribution < 1.29 is 0 Å². The summed E-state index contributed by atoms with van der Waals surface area (Å²) >= 11 is 0. The molecule has 1 atom stereocenters. The van der Waals surface area contributed by atoms with Crippen LogP contribution in [0.2, 0.25) is 0 Å². The van der Waals surface area contributed by atoms with Crippen molar-refractivity contribution in [3.63, 3.8) is 0 Å². The van der Waals surface area contributed by atoms with E-state index in [2.05, 4.69) is 31.0 Å². The van der Waals surface area contributed by atoms with Crippen LogP contribution in [0.5, 0.6) is 0 Å². The van der Waals surface area contributed by atoms with Gasteiger partial charge in [-0.3, -0.25) is 4.90 Å². The van der Waals surface area contributed by atoms with Crippen LogP contribution < -0.4 is 5.32 Å². The van der Waals surface area contributed by atoms with Crippen LogP contribution in [-0.4, -0.2) is 36.6 Å². The highest BCUT2D eigenvalue weighted by Crippen LogP contribution is 2.28. The topological polar surface area (TPSA) is 15.3 Å². The van der Waals surface area contributed by atoms with Crippen molar-refractivity contribution in [2.45, 2.75) is 65.0 Å². The van der Waals surface area contributed by atoms with Crippen molar-refractivity contribution in [2.75, 3.05) is 19.6 Å². The zero-order valence-corrected chi connectivity index (χ0v) is 11.9. The number of hydrogen-bond acceptors (Lipinski definition) is 2. The number of rotatable bonds is 8. The first-order valence-electron chi connectivity index (χ1n) is 7.68. The zero-order chi connectivity index (χ0) is 12.3. The molecule has 17 heavy (non-hydrogen) atoms. The second kappa shape index (κ2) is 6.19. The minimum atomic E-state index is 0.737. The largest absolute Gasteiger partial charge is 0.312 e. The number of likely N-dealkylation sites (N-methyl/N-ethyl adjacent to an activating group) is 1. The molecule has 0 aromatic heterocycles. The summed E-state index contributed by atoms with van der Waals surface area (Å²) in [4.78, 5) is 2.73. The second-order valence-corrected chi connectivity index (χ2v) is 6.38. The van der Waals surface area contributed by atoms with E-state index in [0.717, 1.165) is 23.9 Å². The molecule has 2 rings (SSSR count). The molecule has 0 bridgehead atoms. The SMILES string of the molecule is CCN(CC1CCC1)C(CNC1CC1)C(C)C.